The predicted octanol–water partition coefficient (Wildman–Crippen LogP) is 2.64. The largest absolute Gasteiger partial charge is 0.382 e. The van der Waals surface area contributed by atoms with Crippen LogP contribution in [0.1, 0.15) is 5.82 Å². The minimum Gasteiger partial charge on any atom is -0.382 e. The van der Waals surface area contributed by atoms with Crippen LogP contribution < -0.4 is 5.73 Å². The highest BCUT2D eigenvalue weighted by atomic mass is 32.1. The van der Waals surface area contributed by atoms with Gasteiger partial charge >= 0.3 is 0 Å². The molecule has 1 aromatic carbocycles. The van der Waals surface area contributed by atoms with Crippen molar-refractivity contribution in [2.45, 2.75) is 6.92 Å². The molecule has 2 heterocycles. The lowest BCUT2D eigenvalue weighted by atomic mass is 10.1. The molecule has 0 spiro atoms. The molecule has 0 aliphatic rings. The first kappa shape index (κ1) is 10.2. The number of aromatic nitrogens is 3. The summed E-state index contributed by atoms with van der Waals surface area (Å²) in [4.78, 5) is 4.15. The molecule has 0 aliphatic carbocycles. The number of nitrogen functional groups attached to an aromatic ring is 1. The number of fused-ring (bicyclic) bond motifs is 1. The van der Waals surface area contributed by atoms with E-state index in [2.05, 4.69) is 27.3 Å². The fraction of sp³-hybridized carbons (Fsp3) is 0.0833. The SMILES string of the molecule is Cc1nnc(-c2csc3ccccc23)c(N)n1. The summed E-state index contributed by atoms with van der Waals surface area (Å²) in [5.41, 5.74) is 7.56. The molecule has 5 heteroatoms. The molecule has 0 saturated heterocycles. The number of hydrogen-bond donors (Lipinski definition) is 1. The fourth-order valence-electron chi connectivity index (χ4n) is 1.78. The van der Waals surface area contributed by atoms with E-state index in [1.807, 2.05) is 17.5 Å². The lowest BCUT2D eigenvalue weighted by molar-refractivity contribution is 0.921. The van der Waals surface area contributed by atoms with Gasteiger partial charge in [0.05, 0.1) is 0 Å². The molecule has 3 rings (SSSR count). The molecule has 4 nitrogen and oxygen atoms in total. The molecule has 0 unspecified atom stereocenters. The highest BCUT2D eigenvalue weighted by Gasteiger charge is 2.12. The number of hydrogen-bond acceptors (Lipinski definition) is 5. The van der Waals surface area contributed by atoms with Crippen molar-refractivity contribution in [3.8, 4) is 11.3 Å². The third kappa shape index (κ3) is 1.64. The number of nitrogens with zero attached hydrogens (tertiary/aromatic N) is 3. The van der Waals surface area contributed by atoms with Crippen molar-refractivity contribution in [2.24, 2.45) is 0 Å². The molecule has 0 atom stereocenters. The average molecular weight is 242 g/mol. The highest BCUT2D eigenvalue weighted by molar-refractivity contribution is 7.17. The fourth-order valence-corrected chi connectivity index (χ4v) is 2.72. The summed E-state index contributed by atoms with van der Waals surface area (Å²) >= 11 is 1.67. The quantitative estimate of drug-likeness (QED) is 0.712. The molecule has 3 aromatic rings. The molecule has 0 bridgehead atoms. The smallest absolute Gasteiger partial charge is 0.154 e. The van der Waals surface area contributed by atoms with Gasteiger partial charge in [-0.05, 0) is 13.0 Å². The topological polar surface area (TPSA) is 64.7 Å². The molecule has 0 saturated carbocycles. The third-order valence-corrected chi connectivity index (χ3v) is 3.52. The van der Waals surface area contributed by atoms with E-state index < -0.39 is 0 Å². The van der Waals surface area contributed by atoms with E-state index in [1.54, 1.807) is 18.3 Å². The molecule has 17 heavy (non-hydrogen) atoms. The summed E-state index contributed by atoms with van der Waals surface area (Å²) in [7, 11) is 0. The van der Waals surface area contributed by atoms with Crippen LogP contribution in [0.25, 0.3) is 21.3 Å². The second kappa shape index (κ2) is 3.78. The summed E-state index contributed by atoms with van der Waals surface area (Å²) in [6.45, 7) is 1.78. The Balaban J connectivity index is 2.27. The van der Waals surface area contributed by atoms with Crippen LogP contribution in [-0.2, 0) is 0 Å². The van der Waals surface area contributed by atoms with E-state index in [-0.39, 0.29) is 0 Å². The average Bonchev–Trinajstić information content (AvgIpc) is 2.73. The van der Waals surface area contributed by atoms with Crippen LogP contribution in [0.2, 0.25) is 0 Å². The van der Waals surface area contributed by atoms with Crippen LogP contribution in [0.4, 0.5) is 5.82 Å². The Morgan fingerprint density at radius 2 is 2.00 bits per heavy atom. The summed E-state index contributed by atoms with van der Waals surface area (Å²) in [6, 6.07) is 8.16. The van der Waals surface area contributed by atoms with E-state index in [4.69, 9.17) is 5.73 Å². The molecule has 0 amide bonds. The second-order valence-electron chi connectivity index (χ2n) is 3.74. The molecule has 0 fully saturated rings. The molecular formula is C12H10N4S. The normalized spacial score (nSPS) is 10.9. The van der Waals surface area contributed by atoms with Crippen LogP contribution in [0.3, 0.4) is 0 Å². The van der Waals surface area contributed by atoms with Gasteiger partial charge in [-0.1, -0.05) is 18.2 Å². The Morgan fingerprint density at radius 3 is 2.82 bits per heavy atom. The van der Waals surface area contributed by atoms with Gasteiger partial charge in [0.1, 0.15) is 11.5 Å². The van der Waals surface area contributed by atoms with Gasteiger partial charge < -0.3 is 5.73 Å². The Kier molecular flexibility index (Phi) is 2.26. The highest BCUT2D eigenvalue weighted by Crippen LogP contribution is 2.34. The van der Waals surface area contributed by atoms with Crippen LogP contribution >= 0.6 is 11.3 Å². The van der Waals surface area contributed by atoms with Crippen LogP contribution in [0.5, 0.6) is 0 Å². The Labute approximate surface area is 102 Å². The number of nitrogens with two attached hydrogens (primary N) is 1. The molecular weight excluding hydrogens is 232 g/mol. The van der Waals surface area contributed by atoms with E-state index in [0.717, 1.165) is 10.9 Å². The maximum absolute atomic E-state index is 5.89. The molecule has 84 valence electrons. The molecule has 2 N–H and O–H groups in total. The van der Waals surface area contributed by atoms with Gasteiger partial charge in [0.2, 0.25) is 0 Å². The first-order valence-electron chi connectivity index (χ1n) is 5.19. The van der Waals surface area contributed by atoms with Gasteiger partial charge in [-0.15, -0.1) is 21.5 Å². The van der Waals surface area contributed by atoms with Crippen molar-refractivity contribution < 1.29 is 0 Å². The molecule has 2 aromatic heterocycles. The van der Waals surface area contributed by atoms with Crippen LogP contribution in [0, 0.1) is 6.92 Å². The number of thiophene rings is 1. The maximum Gasteiger partial charge on any atom is 0.154 e. The lowest BCUT2D eigenvalue weighted by Crippen LogP contribution is -2.01. The van der Waals surface area contributed by atoms with Gasteiger partial charge in [0, 0.05) is 21.0 Å². The van der Waals surface area contributed by atoms with Crippen molar-refractivity contribution >= 4 is 27.2 Å². The van der Waals surface area contributed by atoms with Crippen LogP contribution in [-0.4, -0.2) is 15.2 Å². The van der Waals surface area contributed by atoms with E-state index in [1.165, 1.54) is 4.70 Å². The standard InChI is InChI=1S/C12H10N4S/c1-7-14-12(13)11(16-15-7)9-6-17-10-5-3-2-4-8(9)10/h2-6H,1H3,(H2,13,14,15). The zero-order chi connectivity index (χ0) is 11.8. The zero-order valence-corrected chi connectivity index (χ0v) is 10.0. The number of aryl methyl sites for hydroxylation is 1. The van der Waals surface area contributed by atoms with Gasteiger partial charge in [0.15, 0.2) is 5.82 Å². The second-order valence-corrected chi connectivity index (χ2v) is 4.65. The monoisotopic (exact) mass is 242 g/mol. The zero-order valence-electron chi connectivity index (χ0n) is 9.21. The summed E-state index contributed by atoms with van der Waals surface area (Å²) in [6.07, 6.45) is 0. The molecule has 0 aliphatic heterocycles. The maximum atomic E-state index is 5.89. The number of benzene rings is 1. The summed E-state index contributed by atoms with van der Waals surface area (Å²) in [5.74, 6) is 1.02. The van der Waals surface area contributed by atoms with Crippen molar-refractivity contribution in [3.63, 3.8) is 0 Å². The molecule has 0 radical (unpaired) electrons. The Morgan fingerprint density at radius 1 is 1.18 bits per heavy atom. The minimum atomic E-state index is 0.432. The Bertz CT molecular complexity index is 690. The van der Waals surface area contributed by atoms with Crippen molar-refractivity contribution in [1.82, 2.24) is 15.2 Å². The summed E-state index contributed by atoms with van der Waals surface area (Å²) < 4.78 is 1.21. The van der Waals surface area contributed by atoms with Crippen molar-refractivity contribution in [2.75, 3.05) is 5.73 Å². The van der Waals surface area contributed by atoms with Crippen molar-refractivity contribution in [1.29, 1.82) is 0 Å². The number of rotatable bonds is 1. The number of anilines is 1. The van der Waals surface area contributed by atoms with Crippen LogP contribution in [0.15, 0.2) is 29.6 Å². The van der Waals surface area contributed by atoms with Gasteiger partial charge in [-0.3, -0.25) is 0 Å². The lowest BCUT2D eigenvalue weighted by Gasteiger charge is -2.02. The van der Waals surface area contributed by atoms with Crippen molar-refractivity contribution in [3.05, 3.63) is 35.5 Å². The van der Waals surface area contributed by atoms with Gasteiger partial charge in [-0.25, -0.2) is 4.98 Å². The first-order chi connectivity index (χ1) is 8.25. The van der Waals surface area contributed by atoms with E-state index in [0.29, 0.717) is 17.3 Å². The van der Waals surface area contributed by atoms with E-state index in [9.17, 15) is 0 Å². The first-order valence-corrected chi connectivity index (χ1v) is 6.07. The van der Waals surface area contributed by atoms with Gasteiger partial charge in [-0.2, -0.15) is 0 Å². The third-order valence-electron chi connectivity index (χ3n) is 2.56. The predicted molar refractivity (Wildman–Crippen MR) is 69.8 cm³/mol. The van der Waals surface area contributed by atoms with Gasteiger partial charge in [0.25, 0.3) is 0 Å². The Hall–Kier alpha value is -2.01. The summed E-state index contributed by atoms with van der Waals surface area (Å²) in [5, 5.41) is 11.3. The van der Waals surface area contributed by atoms with E-state index >= 15 is 0 Å². The minimum absolute atomic E-state index is 0.432.